The Morgan fingerprint density at radius 3 is 2.22 bits per heavy atom. The maximum Gasteiger partial charge on any atom is 0.203 e. The van der Waals surface area contributed by atoms with Crippen molar-refractivity contribution < 1.29 is 14.2 Å². The number of hydrogen-bond acceptors (Lipinski definition) is 4. The molecule has 0 saturated heterocycles. The summed E-state index contributed by atoms with van der Waals surface area (Å²) in [7, 11) is 4.90. The molecule has 3 rings (SSSR count). The van der Waals surface area contributed by atoms with Crippen LogP contribution in [0.1, 0.15) is 30.4 Å². The molecule has 0 bridgehead atoms. The van der Waals surface area contributed by atoms with Crippen LogP contribution in [0, 0.1) is 0 Å². The van der Waals surface area contributed by atoms with Gasteiger partial charge in [-0.3, -0.25) is 4.99 Å². The molecule has 0 aromatic heterocycles. The van der Waals surface area contributed by atoms with E-state index in [1.165, 1.54) is 5.56 Å². The molecule has 0 N–H and O–H groups in total. The van der Waals surface area contributed by atoms with Crippen molar-refractivity contribution in [3.63, 3.8) is 0 Å². The van der Waals surface area contributed by atoms with Gasteiger partial charge in [-0.1, -0.05) is 18.2 Å². The highest BCUT2D eigenvalue weighted by Crippen LogP contribution is 2.45. The molecule has 1 atom stereocenters. The summed E-state index contributed by atoms with van der Waals surface area (Å²) in [6.45, 7) is 2.07. The second kappa shape index (κ2) is 6.32. The van der Waals surface area contributed by atoms with E-state index in [4.69, 9.17) is 14.2 Å². The van der Waals surface area contributed by atoms with E-state index in [-0.39, 0.29) is 5.92 Å². The van der Waals surface area contributed by atoms with Gasteiger partial charge in [-0.05, 0) is 42.7 Å². The normalized spacial score (nSPS) is 16.3. The molecule has 0 spiro atoms. The van der Waals surface area contributed by atoms with E-state index in [2.05, 4.69) is 30.1 Å². The quantitative estimate of drug-likeness (QED) is 0.843. The summed E-state index contributed by atoms with van der Waals surface area (Å²) in [6.07, 6.45) is 0.885. The van der Waals surface area contributed by atoms with Crippen LogP contribution >= 0.6 is 0 Å². The SMILES string of the molecule is COc1cc(C2CC(C)=Nc3ccccc32)cc(OC)c1OC. The smallest absolute Gasteiger partial charge is 0.203 e. The molecule has 0 amide bonds. The van der Waals surface area contributed by atoms with Crippen LogP contribution in [0.2, 0.25) is 0 Å². The number of nitrogens with zero attached hydrogens (tertiary/aromatic N) is 1. The van der Waals surface area contributed by atoms with Gasteiger partial charge < -0.3 is 14.2 Å². The Morgan fingerprint density at radius 1 is 0.957 bits per heavy atom. The molecule has 4 nitrogen and oxygen atoms in total. The first kappa shape index (κ1) is 15.4. The fourth-order valence-corrected chi connectivity index (χ4v) is 3.14. The molecule has 23 heavy (non-hydrogen) atoms. The highest BCUT2D eigenvalue weighted by atomic mass is 16.5. The number of benzene rings is 2. The number of ether oxygens (including phenoxy) is 3. The van der Waals surface area contributed by atoms with E-state index in [1.807, 2.05) is 18.2 Å². The molecule has 1 aliphatic heterocycles. The zero-order chi connectivity index (χ0) is 16.4. The summed E-state index contributed by atoms with van der Waals surface area (Å²) in [5, 5.41) is 0. The molecule has 2 aromatic rings. The third kappa shape index (κ3) is 2.77. The van der Waals surface area contributed by atoms with Gasteiger partial charge in [0.2, 0.25) is 5.75 Å². The number of rotatable bonds is 4. The molecule has 0 fully saturated rings. The molecule has 1 aliphatic rings. The lowest BCUT2D eigenvalue weighted by atomic mass is 9.84. The number of para-hydroxylation sites is 1. The Morgan fingerprint density at radius 2 is 1.61 bits per heavy atom. The molecule has 0 radical (unpaired) electrons. The van der Waals surface area contributed by atoms with Crippen molar-refractivity contribution >= 4 is 11.4 Å². The lowest BCUT2D eigenvalue weighted by Crippen LogP contribution is -2.11. The summed E-state index contributed by atoms with van der Waals surface area (Å²) in [5.74, 6) is 2.21. The second-order valence-corrected chi connectivity index (χ2v) is 5.62. The first-order chi connectivity index (χ1) is 11.2. The summed E-state index contributed by atoms with van der Waals surface area (Å²) in [5.41, 5.74) is 4.53. The van der Waals surface area contributed by atoms with E-state index in [0.717, 1.165) is 23.4 Å². The van der Waals surface area contributed by atoms with Crippen LogP contribution in [0.3, 0.4) is 0 Å². The second-order valence-electron chi connectivity index (χ2n) is 5.62. The molecular weight excluding hydrogens is 290 g/mol. The van der Waals surface area contributed by atoms with E-state index < -0.39 is 0 Å². The van der Waals surface area contributed by atoms with Crippen LogP contribution in [-0.2, 0) is 0 Å². The summed E-state index contributed by atoms with van der Waals surface area (Å²) in [6, 6.07) is 12.3. The van der Waals surface area contributed by atoms with E-state index in [0.29, 0.717) is 17.2 Å². The molecular formula is C19H21NO3. The Hall–Kier alpha value is -2.49. The van der Waals surface area contributed by atoms with E-state index in [1.54, 1.807) is 21.3 Å². The standard InChI is InChI=1S/C19H21NO3/c1-12-9-15(14-7-5-6-8-16(14)20-12)13-10-17(21-2)19(23-4)18(11-13)22-3/h5-8,10-11,15H,9H2,1-4H3. The third-order valence-corrected chi connectivity index (χ3v) is 4.21. The fraction of sp³-hybridized carbons (Fsp3) is 0.316. The van der Waals surface area contributed by atoms with Gasteiger partial charge in [0.05, 0.1) is 27.0 Å². The summed E-state index contributed by atoms with van der Waals surface area (Å²) < 4.78 is 16.4. The number of aliphatic imine (C=N–C) groups is 1. The van der Waals surface area contributed by atoms with Gasteiger partial charge in [0.25, 0.3) is 0 Å². The first-order valence-corrected chi connectivity index (χ1v) is 7.61. The average Bonchev–Trinajstić information content (AvgIpc) is 2.59. The van der Waals surface area contributed by atoms with Gasteiger partial charge in [0, 0.05) is 11.6 Å². The molecule has 120 valence electrons. The summed E-state index contributed by atoms with van der Waals surface area (Å²) >= 11 is 0. The Kier molecular flexibility index (Phi) is 4.24. The van der Waals surface area contributed by atoms with Gasteiger partial charge in [-0.25, -0.2) is 0 Å². The summed E-state index contributed by atoms with van der Waals surface area (Å²) in [4.78, 5) is 4.67. The van der Waals surface area contributed by atoms with Crippen LogP contribution in [-0.4, -0.2) is 27.0 Å². The largest absolute Gasteiger partial charge is 0.493 e. The molecule has 1 heterocycles. The van der Waals surface area contributed by atoms with Crippen molar-refractivity contribution in [3.05, 3.63) is 47.5 Å². The van der Waals surface area contributed by atoms with Crippen LogP contribution in [0.15, 0.2) is 41.4 Å². The minimum absolute atomic E-state index is 0.234. The highest BCUT2D eigenvalue weighted by molar-refractivity contribution is 5.88. The van der Waals surface area contributed by atoms with Crippen LogP contribution in [0.25, 0.3) is 0 Å². The van der Waals surface area contributed by atoms with Crippen molar-refractivity contribution in [2.24, 2.45) is 4.99 Å². The maximum absolute atomic E-state index is 5.49. The predicted molar refractivity (Wildman–Crippen MR) is 91.8 cm³/mol. The zero-order valence-corrected chi connectivity index (χ0v) is 13.9. The average molecular weight is 311 g/mol. The van der Waals surface area contributed by atoms with Crippen molar-refractivity contribution in [3.8, 4) is 17.2 Å². The molecule has 2 aromatic carbocycles. The van der Waals surface area contributed by atoms with Crippen LogP contribution in [0.4, 0.5) is 5.69 Å². The minimum atomic E-state index is 0.234. The Balaban J connectivity index is 2.14. The van der Waals surface area contributed by atoms with E-state index in [9.17, 15) is 0 Å². The van der Waals surface area contributed by atoms with Gasteiger partial charge in [0.15, 0.2) is 11.5 Å². The van der Waals surface area contributed by atoms with Gasteiger partial charge in [0.1, 0.15) is 0 Å². The predicted octanol–water partition coefficient (Wildman–Crippen LogP) is 4.34. The van der Waals surface area contributed by atoms with Gasteiger partial charge in [-0.15, -0.1) is 0 Å². The van der Waals surface area contributed by atoms with Crippen molar-refractivity contribution in [2.45, 2.75) is 19.3 Å². The van der Waals surface area contributed by atoms with Gasteiger partial charge in [-0.2, -0.15) is 0 Å². The highest BCUT2D eigenvalue weighted by Gasteiger charge is 2.25. The molecule has 0 aliphatic carbocycles. The Labute approximate surface area is 136 Å². The van der Waals surface area contributed by atoms with Crippen molar-refractivity contribution in [2.75, 3.05) is 21.3 Å². The lowest BCUT2D eigenvalue weighted by Gasteiger charge is -2.25. The fourth-order valence-electron chi connectivity index (χ4n) is 3.14. The van der Waals surface area contributed by atoms with Gasteiger partial charge >= 0.3 is 0 Å². The van der Waals surface area contributed by atoms with Crippen LogP contribution in [0.5, 0.6) is 17.2 Å². The van der Waals surface area contributed by atoms with E-state index >= 15 is 0 Å². The number of fused-ring (bicyclic) bond motifs is 1. The maximum atomic E-state index is 5.49. The third-order valence-electron chi connectivity index (χ3n) is 4.21. The number of methoxy groups -OCH3 is 3. The monoisotopic (exact) mass is 311 g/mol. The molecule has 1 unspecified atom stereocenters. The number of hydrogen-bond donors (Lipinski definition) is 0. The topological polar surface area (TPSA) is 40.0 Å². The molecule has 4 heteroatoms. The Bertz CT molecular complexity index is 727. The lowest BCUT2D eigenvalue weighted by molar-refractivity contribution is 0.323. The first-order valence-electron chi connectivity index (χ1n) is 7.61. The zero-order valence-electron chi connectivity index (χ0n) is 13.9. The van der Waals surface area contributed by atoms with Crippen molar-refractivity contribution in [1.29, 1.82) is 0 Å². The van der Waals surface area contributed by atoms with Crippen LogP contribution < -0.4 is 14.2 Å². The van der Waals surface area contributed by atoms with Crippen molar-refractivity contribution in [1.82, 2.24) is 0 Å². The minimum Gasteiger partial charge on any atom is -0.493 e. The molecule has 0 saturated carbocycles.